The van der Waals surface area contributed by atoms with E-state index in [-0.39, 0.29) is 17.9 Å². The number of hydrogen-bond donors (Lipinski definition) is 0. The van der Waals surface area contributed by atoms with Crippen LogP contribution in [0.15, 0.2) is 0 Å². The van der Waals surface area contributed by atoms with Gasteiger partial charge in [-0.25, -0.2) is 0 Å². The molecule has 0 spiro atoms. The second-order valence-corrected chi connectivity index (χ2v) is 5.21. The van der Waals surface area contributed by atoms with E-state index < -0.39 is 0 Å². The van der Waals surface area contributed by atoms with Crippen LogP contribution in [0.3, 0.4) is 0 Å². The van der Waals surface area contributed by atoms with Gasteiger partial charge >= 0.3 is 5.97 Å². The standard InChI is InChI=1S/C14H28N2O2/c1-6-15(7-2)13-8-9-16(10-13)12(4)11(3)14(17)18-5/h11-13H,6-10H2,1-5H3. The van der Waals surface area contributed by atoms with Crippen molar-refractivity contribution in [2.45, 2.75) is 46.2 Å². The summed E-state index contributed by atoms with van der Waals surface area (Å²) in [6.45, 7) is 12.9. The molecule has 0 aliphatic carbocycles. The molecule has 3 atom stereocenters. The number of hydrogen-bond acceptors (Lipinski definition) is 4. The summed E-state index contributed by atoms with van der Waals surface area (Å²) in [5.41, 5.74) is 0. The maximum absolute atomic E-state index is 11.6. The van der Waals surface area contributed by atoms with Gasteiger partial charge < -0.3 is 4.74 Å². The molecule has 0 radical (unpaired) electrons. The Morgan fingerprint density at radius 2 is 2.00 bits per heavy atom. The normalized spacial score (nSPS) is 24.2. The molecule has 0 bridgehead atoms. The van der Waals surface area contributed by atoms with Crippen molar-refractivity contribution in [1.29, 1.82) is 0 Å². The van der Waals surface area contributed by atoms with Crippen molar-refractivity contribution in [2.24, 2.45) is 5.92 Å². The first kappa shape index (κ1) is 15.4. The van der Waals surface area contributed by atoms with E-state index >= 15 is 0 Å². The van der Waals surface area contributed by atoms with Gasteiger partial charge in [-0.05, 0) is 26.4 Å². The summed E-state index contributed by atoms with van der Waals surface area (Å²) in [5.74, 6) is -0.153. The molecule has 0 aromatic heterocycles. The highest BCUT2D eigenvalue weighted by Crippen LogP contribution is 2.21. The molecule has 1 aliphatic rings. The molecule has 4 heteroatoms. The third-order valence-corrected chi connectivity index (χ3v) is 4.40. The van der Waals surface area contributed by atoms with E-state index in [4.69, 9.17) is 4.74 Å². The molecule has 0 amide bonds. The average Bonchev–Trinajstić information content (AvgIpc) is 2.87. The molecule has 1 heterocycles. The molecule has 4 nitrogen and oxygen atoms in total. The van der Waals surface area contributed by atoms with E-state index in [2.05, 4.69) is 30.6 Å². The summed E-state index contributed by atoms with van der Waals surface area (Å²) >= 11 is 0. The first-order chi connectivity index (χ1) is 8.54. The number of nitrogens with zero attached hydrogens (tertiary/aromatic N) is 2. The minimum atomic E-state index is -0.103. The van der Waals surface area contributed by atoms with E-state index in [1.54, 1.807) is 0 Å². The van der Waals surface area contributed by atoms with Gasteiger partial charge in [-0.2, -0.15) is 0 Å². The Hall–Kier alpha value is -0.610. The van der Waals surface area contributed by atoms with Crippen molar-refractivity contribution in [3.63, 3.8) is 0 Å². The summed E-state index contributed by atoms with van der Waals surface area (Å²) in [4.78, 5) is 16.5. The summed E-state index contributed by atoms with van der Waals surface area (Å²) in [7, 11) is 1.47. The number of esters is 1. The van der Waals surface area contributed by atoms with Gasteiger partial charge in [0.05, 0.1) is 13.0 Å². The van der Waals surface area contributed by atoms with Gasteiger partial charge in [0.2, 0.25) is 0 Å². The molecular weight excluding hydrogens is 228 g/mol. The third-order valence-electron chi connectivity index (χ3n) is 4.40. The Bertz CT molecular complexity index is 267. The number of likely N-dealkylation sites (tertiary alicyclic amines) is 1. The van der Waals surface area contributed by atoms with Gasteiger partial charge in [0.25, 0.3) is 0 Å². The SMILES string of the molecule is CCN(CC)C1CCN(C(C)C(C)C(=O)OC)C1. The fourth-order valence-corrected chi connectivity index (χ4v) is 2.88. The molecule has 106 valence electrons. The summed E-state index contributed by atoms with van der Waals surface area (Å²) in [6.07, 6.45) is 1.21. The van der Waals surface area contributed by atoms with Crippen LogP contribution in [0.25, 0.3) is 0 Å². The van der Waals surface area contributed by atoms with E-state index in [0.717, 1.165) is 26.2 Å². The molecule has 0 N–H and O–H groups in total. The number of rotatable bonds is 6. The van der Waals surface area contributed by atoms with Crippen molar-refractivity contribution in [1.82, 2.24) is 9.80 Å². The Morgan fingerprint density at radius 1 is 1.39 bits per heavy atom. The van der Waals surface area contributed by atoms with Crippen molar-refractivity contribution >= 4 is 5.97 Å². The van der Waals surface area contributed by atoms with Crippen molar-refractivity contribution in [2.75, 3.05) is 33.3 Å². The van der Waals surface area contributed by atoms with Gasteiger partial charge in [0, 0.05) is 25.2 Å². The van der Waals surface area contributed by atoms with E-state index in [0.29, 0.717) is 6.04 Å². The predicted octanol–water partition coefficient (Wildman–Crippen LogP) is 1.60. The van der Waals surface area contributed by atoms with Crippen LogP contribution in [-0.2, 0) is 9.53 Å². The van der Waals surface area contributed by atoms with Gasteiger partial charge in [-0.3, -0.25) is 14.6 Å². The molecule has 1 saturated heterocycles. The van der Waals surface area contributed by atoms with Crippen LogP contribution in [0, 0.1) is 5.92 Å². The quantitative estimate of drug-likeness (QED) is 0.676. The molecule has 1 rings (SSSR count). The minimum absolute atomic E-state index is 0.0505. The Morgan fingerprint density at radius 3 is 2.50 bits per heavy atom. The van der Waals surface area contributed by atoms with Crippen LogP contribution >= 0.6 is 0 Å². The van der Waals surface area contributed by atoms with Gasteiger partial charge in [0.1, 0.15) is 0 Å². The molecule has 0 aromatic rings. The number of carbonyl (C=O) groups excluding carboxylic acids is 1. The maximum atomic E-state index is 11.6. The smallest absolute Gasteiger partial charge is 0.309 e. The number of methoxy groups -OCH3 is 1. The lowest BCUT2D eigenvalue weighted by molar-refractivity contribution is -0.146. The van der Waals surface area contributed by atoms with Crippen LogP contribution in [-0.4, -0.2) is 61.1 Å². The Balaban J connectivity index is 2.53. The van der Waals surface area contributed by atoms with Crippen molar-refractivity contribution in [3.05, 3.63) is 0 Å². The number of ether oxygens (including phenoxy) is 1. The lowest BCUT2D eigenvalue weighted by atomic mass is 10.0. The second-order valence-electron chi connectivity index (χ2n) is 5.21. The first-order valence-corrected chi connectivity index (χ1v) is 7.11. The Kier molecular flexibility index (Phi) is 6.09. The largest absolute Gasteiger partial charge is 0.469 e. The zero-order chi connectivity index (χ0) is 13.7. The molecule has 18 heavy (non-hydrogen) atoms. The van der Waals surface area contributed by atoms with Crippen LogP contribution < -0.4 is 0 Å². The maximum Gasteiger partial charge on any atom is 0.309 e. The highest BCUT2D eigenvalue weighted by atomic mass is 16.5. The lowest BCUT2D eigenvalue weighted by Gasteiger charge is -2.30. The highest BCUT2D eigenvalue weighted by molar-refractivity contribution is 5.72. The van der Waals surface area contributed by atoms with Crippen LogP contribution in [0.2, 0.25) is 0 Å². The molecule has 0 aromatic carbocycles. The van der Waals surface area contributed by atoms with Crippen LogP contribution in [0.1, 0.15) is 34.1 Å². The molecule has 1 fully saturated rings. The summed E-state index contributed by atoms with van der Waals surface area (Å²) < 4.78 is 4.83. The fraction of sp³-hybridized carbons (Fsp3) is 0.929. The van der Waals surface area contributed by atoms with E-state index in [1.807, 2.05) is 6.92 Å². The highest BCUT2D eigenvalue weighted by Gasteiger charge is 2.33. The van der Waals surface area contributed by atoms with Crippen LogP contribution in [0.4, 0.5) is 0 Å². The summed E-state index contributed by atoms with van der Waals surface area (Å²) in [6, 6.07) is 0.908. The molecule has 1 aliphatic heterocycles. The first-order valence-electron chi connectivity index (χ1n) is 7.11. The molecular formula is C14H28N2O2. The average molecular weight is 256 g/mol. The van der Waals surface area contributed by atoms with E-state index in [1.165, 1.54) is 13.5 Å². The molecule has 0 saturated carbocycles. The summed E-state index contributed by atoms with van der Waals surface area (Å²) in [5, 5.41) is 0. The fourth-order valence-electron chi connectivity index (χ4n) is 2.88. The minimum Gasteiger partial charge on any atom is -0.469 e. The van der Waals surface area contributed by atoms with Crippen molar-refractivity contribution < 1.29 is 9.53 Å². The zero-order valence-electron chi connectivity index (χ0n) is 12.5. The van der Waals surface area contributed by atoms with E-state index in [9.17, 15) is 4.79 Å². The zero-order valence-corrected chi connectivity index (χ0v) is 12.5. The third kappa shape index (κ3) is 3.45. The second kappa shape index (κ2) is 7.10. The predicted molar refractivity (Wildman–Crippen MR) is 73.5 cm³/mol. The monoisotopic (exact) mass is 256 g/mol. The number of likely N-dealkylation sites (N-methyl/N-ethyl adjacent to an activating group) is 1. The number of carbonyl (C=O) groups is 1. The van der Waals surface area contributed by atoms with Gasteiger partial charge in [-0.1, -0.05) is 20.8 Å². The van der Waals surface area contributed by atoms with Crippen LogP contribution in [0.5, 0.6) is 0 Å². The van der Waals surface area contributed by atoms with Gasteiger partial charge in [-0.15, -0.1) is 0 Å². The Labute approximate surface area is 111 Å². The lowest BCUT2D eigenvalue weighted by Crippen LogP contribution is -2.42. The van der Waals surface area contributed by atoms with Crippen molar-refractivity contribution in [3.8, 4) is 0 Å². The van der Waals surface area contributed by atoms with Gasteiger partial charge in [0.15, 0.2) is 0 Å². The molecule has 3 unspecified atom stereocenters. The topological polar surface area (TPSA) is 32.8 Å².